The van der Waals surface area contributed by atoms with Gasteiger partial charge in [0.05, 0.1) is 13.0 Å². The smallest absolute Gasteiger partial charge is 0.352 e. The van der Waals surface area contributed by atoms with E-state index in [-0.39, 0.29) is 29.8 Å². The van der Waals surface area contributed by atoms with Crippen molar-refractivity contribution in [3.05, 3.63) is 11.3 Å². The zero-order chi connectivity index (χ0) is 18.1. The van der Waals surface area contributed by atoms with Crippen LogP contribution in [0.4, 0.5) is 0 Å². The highest BCUT2D eigenvalue weighted by atomic mass is 32.2. The zero-order valence-electron chi connectivity index (χ0n) is 12.7. The fourth-order valence-electron chi connectivity index (χ4n) is 2.48. The molecule has 3 heterocycles. The summed E-state index contributed by atoms with van der Waals surface area (Å²) in [6.45, 7) is 0.117. The lowest BCUT2D eigenvalue weighted by molar-refractivity contribution is -0.147. The number of tetrazole rings is 1. The third kappa shape index (κ3) is 3.34. The molecule has 25 heavy (non-hydrogen) atoms. The number of aliphatic carboxylic acids is 2. The molecule has 0 aromatic carbocycles. The van der Waals surface area contributed by atoms with Crippen LogP contribution in [0.3, 0.4) is 0 Å². The highest BCUT2D eigenvalue weighted by Crippen LogP contribution is 2.40. The summed E-state index contributed by atoms with van der Waals surface area (Å²) in [5.74, 6) is -1.83. The summed E-state index contributed by atoms with van der Waals surface area (Å²) < 4.78 is 1.35. The highest BCUT2D eigenvalue weighted by molar-refractivity contribution is 8.01. The van der Waals surface area contributed by atoms with Crippen molar-refractivity contribution in [3.8, 4) is 0 Å². The minimum absolute atomic E-state index is 0.0347. The minimum atomic E-state index is -1.17. The molecule has 0 radical (unpaired) electrons. The second-order valence-electron chi connectivity index (χ2n) is 5.31. The van der Waals surface area contributed by atoms with Crippen LogP contribution in [0.25, 0.3) is 0 Å². The molecule has 1 unspecified atom stereocenters. The Morgan fingerprint density at radius 3 is 2.84 bits per heavy atom. The first-order valence-electron chi connectivity index (χ1n) is 7.16. The molecule has 4 N–H and O–H groups in total. The van der Waals surface area contributed by atoms with Crippen molar-refractivity contribution in [2.75, 3.05) is 11.5 Å². The number of fused-ring (bicyclic) bond motifs is 1. The van der Waals surface area contributed by atoms with E-state index in [2.05, 4.69) is 15.5 Å². The molecule has 0 bridgehead atoms. The fourth-order valence-corrected chi connectivity index (χ4v) is 4.82. The van der Waals surface area contributed by atoms with E-state index < -0.39 is 23.9 Å². The number of amides is 1. The number of nitrogens with zero attached hydrogens (tertiary/aromatic N) is 5. The van der Waals surface area contributed by atoms with E-state index in [1.807, 2.05) is 0 Å². The Labute approximate surface area is 149 Å². The Kier molecular flexibility index (Phi) is 4.96. The lowest BCUT2D eigenvalue weighted by Crippen LogP contribution is -2.68. The van der Waals surface area contributed by atoms with Crippen molar-refractivity contribution in [1.29, 1.82) is 0 Å². The summed E-state index contributed by atoms with van der Waals surface area (Å²) in [4.78, 5) is 35.3. The number of carboxylic acid groups (broad SMARTS) is 2. The lowest BCUT2D eigenvalue weighted by Gasteiger charge is -2.48. The van der Waals surface area contributed by atoms with Crippen LogP contribution in [-0.2, 0) is 20.9 Å². The van der Waals surface area contributed by atoms with Crippen LogP contribution in [0.5, 0.6) is 0 Å². The van der Waals surface area contributed by atoms with Gasteiger partial charge in [-0.25, -0.2) is 9.48 Å². The van der Waals surface area contributed by atoms with Gasteiger partial charge in [-0.3, -0.25) is 14.5 Å². The fraction of sp³-hybridized carbons (Fsp3) is 0.500. The van der Waals surface area contributed by atoms with E-state index in [9.17, 15) is 19.5 Å². The van der Waals surface area contributed by atoms with Crippen LogP contribution < -0.4 is 5.73 Å². The van der Waals surface area contributed by atoms with Crippen LogP contribution in [0.2, 0.25) is 0 Å². The number of nitrogens with two attached hydrogens (primary N) is 1. The SMILES string of the molecule is NC1C(=O)N2C(C(=O)O)=C(CSc3nnnn3CCC(=O)O)CS[C@@H]12. The maximum Gasteiger partial charge on any atom is 0.352 e. The van der Waals surface area contributed by atoms with Gasteiger partial charge in [0.25, 0.3) is 0 Å². The Hall–Kier alpha value is -2.12. The second kappa shape index (κ2) is 7.01. The van der Waals surface area contributed by atoms with Gasteiger partial charge in [-0.15, -0.1) is 16.9 Å². The Morgan fingerprint density at radius 2 is 2.16 bits per heavy atom. The number of carboxylic acids is 2. The van der Waals surface area contributed by atoms with Gasteiger partial charge >= 0.3 is 11.9 Å². The molecule has 2 aliphatic heterocycles. The molecule has 2 aliphatic rings. The molecule has 1 saturated heterocycles. The number of β-lactam (4-membered cyclic amide) rings is 1. The predicted molar refractivity (Wildman–Crippen MR) is 86.5 cm³/mol. The van der Waals surface area contributed by atoms with Crippen molar-refractivity contribution in [1.82, 2.24) is 25.1 Å². The number of rotatable bonds is 7. The molecule has 13 heteroatoms. The summed E-state index contributed by atoms with van der Waals surface area (Å²) in [7, 11) is 0. The van der Waals surface area contributed by atoms with E-state index in [4.69, 9.17) is 10.8 Å². The average Bonchev–Trinajstić information content (AvgIpc) is 3.03. The van der Waals surface area contributed by atoms with Crippen LogP contribution >= 0.6 is 23.5 Å². The third-order valence-corrected chi connectivity index (χ3v) is 6.11. The normalized spacial score (nSPS) is 22.6. The molecule has 1 aromatic rings. The molecule has 3 rings (SSSR count). The number of aromatic nitrogens is 4. The predicted octanol–water partition coefficient (Wildman–Crippen LogP) is -1.18. The van der Waals surface area contributed by atoms with Gasteiger partial charge < -0.3 is 15.9 Å². The van der Waals surface area contributed by atoms with Crippen molar-refractivity contribution in [3.63, 3.8) is 0 Å². The number of hydrogen-bond acceptors (Lipinski definition) is 9. The summed E-state index contributed by atoms with van der Waals surface area (Å²) in [5.41, 5.74) is 6.24. The number of hydrogen-bond donors (Lipinski definition) is 3. The van der Waals surface area contributed by atoms with Crippen molar-refractivity contribution < 1.29 is 24.6 Å². The molecular formula is C12H14N6O5S2. The maximum absolute atomic E-state index is 11.9. The van der Waals surface area contributed by atoms with E-state index in [0.717, 1.165) is 0 Å². The van der Waals surface area contributed by atoms with Crippen LogP contribution in [-0.4, -0.2) is 76.1 Å². The van der Waals surface area contributed by atoms with Crippen LogP contribution in [0, 0.1) is 0 Å². The highest BCUT2D eigenvalue weighted by Gasteiger charge is 2.51. The Balaban J connectivity index is 1.74. The summed E-state index contributed by atoms with van der Waals surface area (Å²) in [6.07, 6.45) is -0.126. The topological polar surface area (TPSA) is 165 Å². The first kappa shape index (κ1) is 17.7. The number of carbonyl (C=O) groups is 3. The van der Waals surface area contributed by atoms with Gasteiger partial charge in [-0.2, -0.15) is 0 Å². The molecule has 1 aromatic heterocycles. The minimum Gasteiger partial charge on any atom is -0.481 e. The summed E-state index contributed by atoms with van der Waals surface area (Å²) >= 11 is 2.61. The lowest BCUT2D eigenvalue weighted by atomic mass is 10.0. The first-order valence-corrected chi connectivity index (χ1v) is 9.20. The van der Waals surface area contributed by atoms with Crippen molar-refractivity contribution >= 4 is 41.4 Å². The quantitative estimate of drug-likeness (QED) is 0.381. The maximum atomic E-state index is 11.9. The summed E-state index contributed by atoms with van der Waals surface area (Å²) in [5, 5.41) is 29.3. The van der Waals surface area contributed by atoms with Crippen molar-refractivity contribution in [2.45, 2.75) is 29.5 Å². The van der Waals surface area contributed by atoms with Gasteiger partial charge in [-0.1, -0.05) is 11.8 Å². The molecule has 0 saturated carbocycles. The molecule has 1 amide bonds. The van der Waals surface area contributed by atoms with Crippen LogP contribution in [0.1, 0.15) is 6.42 Å². The largest absolute Gasteiger partial charge is 0.481 e. The molecular weight excluding hydrogens is 372 g/mol. The third-order valence-electron chi connectivity index (χ3n) is 3.70. The van der Waals surface area contributed by atoms with E-state index in [1.165, 1.54) is 33.1 Å². The molecule has 0 spiro atoms. The standard InChI is InChI=1S/C12H14N6O5S2/c13-7-9(21)18-8(11(22)23)5(3-24-10(7)18)4-25-12-14-15-16-17(12)2-1-6(19)20/h7,10H,1-4,13H2,(H,19,20)(H,22,23)/t7?,10-/m0/s1. The average molecular weight is 386 g/mol. The van der Waals surface area contributed by atoms with Crippen molar-refractivity contribution in [2.24, 2.45) is 5.73 Å². The number of aryl methyl sites for hydroxylation is 1. The van der Waals surface area contributed by atoms with Gasteiger partial charge in [0.15, 0.2) is 0 Å². The van der Waals surface area contributed by atoms with Gasteiger partial charge in [0.1, 0.15) is 17.1 Å². The molecule has 0 aliphatic carbocycles. The van der Waals surface area contributed by atoms with Gasteiger partial charge in [0.2, 0.25) is 11.1 Å². The summed E-state index contributed by atoms with van der Waals surface area (Å²) in [6, 6.07) is -0.670. The zero-order valence-corrected chi connectivity index (χ0v) is 14.4. The Morgan fingerprint density at radius 1 is 1.40 bits per heavy atom. The van der Waals surface area contributed by atoms with Gasteiger partial charge in [0, 0.05) is 11.5 Å². The molecule has 11 nitrogen and oxygen atoms in total. The molecule has 1 fully saturated rings. The number of thioether (sulfide) groups is 2. The van der Waals surface area contributed by atoms with E-state index in [1.54, 1.807) is 0 Å². The van der Waals surface area contributed by atoms with Crippen LogP contribution in [0.15, 0.2) is 16.4 Å². The van der Waals surface area contributed by atoms with E-state index >= 15 is 0 Å². The second-order valence-corrected chi connectivity index (χ2v) is 7.36. The number of carbonyl (C=O) groups excluding carboxylic acids is 1. The van der Waals surface area contributed by atoms with Gasteiger partial charge in [-0.05, 0) is 16.0 Å². The molecule has 134 valence electrons. The molecule has 2 atom stereocenters. The Bertz CT molecular complexity index is 765. The first-order chi connectivity index (χ1) is 11.9. The monoisotopic (exact) mass is 386 g/mol. The van der Waals surface area contributed by atoms with E-state index in [0.29, 0.717) is 16.5 Å².